The lowest BCUT2D eigenvalue weighted by Gasteiger charge is -2.35. The highest BCUT2D eigenvalue weighted by molar-refractivity contribution is 5.57. The molecule has 27 heavy (non-hydrogen) atoms. The highest BCUT2D eigenvalue weighted by Crippen LogP contribution is 2.20. The van der Waals surface area contributed by atoms with Crippen molar-refractivity contribution in [1.29, 1.82) is 0 Å². The van der Waals surface area contributed by atoms with Crippen LogP contribution in [0.3, 0.4) is 0 Å². The summed E-state index contributed by atoms with van der Waals surface area (Å²) in [5, 5.41) is 2.98. The van der Waals surface area contributed by atoms with Crippen LogP contribution in [0.2, 0.25) is 0 Å². The molecule has 1 aromatic carbocycles. The number of pyridine rings is 1. The van der Waals surface area contributed by atoms with Crippen LogP contribution in [0.25, 0.3) is 0 Å². The van der Waals surface area contributed by atoms with E-state index >= 15 is 0 Å². The van der Waals surface area contributed by atoms with Gasteiger partial charge >= 0.3 is 0 Å². The number of rotatable bonds is 4. The fourth-order valence-corrected chi connectivity index (χ4v) is 2.97. The molecule has 138 valence electrons. The standard InChI is InChI=1S/C19H18F2N6/c20-15-5-4-14(13-16(15)21)24-17-6-8-23-19(25-17)27-11-9-26(10-12-27)18-3-1-2-7-22-18/h1-8,13H,9-12H2,(H,23,24,25). The lowest BCUT2D eigenvalue weighted by Crippen LogP contribution is -2.47. The molecule has 1 aliphatic rings. The van der Waals surface area contributed by atoms with Gasteiger partial charge in [0.15, 0.2) is 11.6 Å². The number of nitrogens with zero attached hydrogens (tertiary/aromatic N) is 5. The molecule has 1 fully saturated rings. The summed E-state index contributed by atoms with van der Waals surface area (Å²) in [6.07, 6.45) is 3.44. The zero-order chi connectivity index (χ0) is 18.6. The van der Waals surface area contributed by atoms with E-state index in [1.807, 2.05) is 18.2 Å². The summed E-state index contributed by atoms with van der Waals surface area (Å²) < 4.78 is 26.4. The molecule has 1 saturated heterocycles. The van der Waals surface area contributed by atoms with Gasteiger partial charge in [-0.2, -0.15) is 4.98 Å². The number of piperazine rings is 1. The third-order valence-electron chi connectivity index (χ3n) is 4.37. The Kier molecular flexibility index (Phi) is 4.78. The van der Waals surface area contributed by atoms with Gasteiger partial charge in [0.25, 0.3) is 0 Å². The number of nitrogens with one attached hydrogen (secondary N) is 1. The number of aromatic nitrogens is 3. The zero-order valence-corrected chi connectivity index (χ0v) is 14.5. The molecule has 0 aliphatic carbocycles. The van der Waals surface area contributed by atoms with Crippen molar-refractivity contribution in [3.05, 3.63) is 66.5 Å². The Labute approximate surface area is 155 Å². The molecule has 1 aliphatic heterocycles. The summed E-state index contributed by atoms with van der Waals surface area (Å²) in [5.74, 6) is 0.308. The van der Waals surface area contributed by atoms with Crippen molar-refractivity contribution >= 4 is 23.3 Å². The minimum absolute atomic E-state index is 0.429. The average Bonchev–Trinajstić information content (AvgIpc) is 2.72. The molecule has 0 amide bonds. The maximum absolute atomic E-state index is 13.4. The number of anilines is 4. The third kappa shape index (κ3) is 3.94. The molecule has 0 radical (unpaired) electrons. The maximum Gasteiger partial charge on any atom is 0.227 e. The first-order valence-electron chi connectivity index (χ1n) is 8.65. The largest absolute Gasteiger partial charge is 0.353 e. The van der Waals surface area contributed by atoms with Crippen LogP contribution in [-0.4, -0.2) is 41.1 Å². The molecule has 2 aromatic heterocycles. The maximum atomic E-state index is 13.4. The van der Waals surface area contributed by atoms with Crippen LogP contribution in [0.5, 0.6) is 0 Å². The summed E-state index contributed by atoms with van der Waals surface area (Å²) in [6, 6.07) is 11.2. The van der Waals surface area contributed by atoms with Crippen molar-refractivity contribution in [1.82, 2.24) is 15.0 Å². The third-order valence-corrected chi connectivity index (χ3v) is 4.37. The first-order valence-corrected chi connectivity index (χ1v) is 8.65. The highest BCUT2D eigenvalue weighted by Gasteiger charge is 2.20. The van der Waals surface area contributed by atoms with Gasteiger partial charge in [0.05, 0.1) is 0 Å². The Hall–Kier alpha value is -3.29. The van der Waals surface area contributed by atoms with Gasteiger partial charge in [-0.25, -0.2) is 18.7 Å². The molecule has 3 aromatic rings. The normalized spacial score (nSPS) is 14.3. The van der Waals surface area contributed by atoms with Crippen molar-refractivity contribution in [3.8, 4) is 0 Å². The van der Waals surface area contributed by atoms with Crippen molar-refractivity contribution in [2.45, 2.75) is 0 Å². The van der Waals surface area contributed by atoms with E-state index in [4.69, 9.17) is 0 Å². The van der Waals surface area contributed by atoms with Gasteiger partial charge in [0.1, 0.15) is 11.6 Å². The summed E-state index contributed by atoms with van der Waals surface area (Å²) in [6.45, 7) is 3.18. The van der Waals surface area contributed by atoms with E-state index in [0.29, 0.717) is 17.5 Å². The van der Waals surface area contributed by atoms with Crippen molar-refractivity contribution in [3.63, 3.8) is 0 Å². The van der Waals surface area contributed by atoms with E-state index < -0.39 is 11.6 Å². The second-order valence-electron chi connectivity index (χ2n) is 6.16. The fraction of sp³-hybridized carbons (Fsp3) is 0.211. The Morgan fingerprint density at radius 1 is 0.815 bits per heavy atom. The van der Waals surface area contributed by atoms with E-state index in [2.05, 4.69) is 30.1 Å². The van der Waals surface area contributed by atoms with E-state index in [1.54, 1.807) is 18.5 Å². The second-order valence-corrected chi connectivity index (χ2v) is 6.16. The molecule has 3 heterocycles. The summed E-state index contributed by atoms with van der Waals surface area (Å²) in [7, 11) is 0. The molecule has 1 N–H and O–H groups in total. The quantitative estimate of drug-likeness (QED) is 0.763. The van der Waals surface area contributed by atoms with Gasteiger partial charge in [-0.05, 0) is 30.3 Å². The molecule has 0 atom stereocenters. The van der Waals surface area contributed by atoms with E-state index in [-0.39, 0.29) is 0 Å². The van der Waals surface area contributed by atoms with Crippen molar-refractivity contribution in [2.75, 3.05) is 41.3 Å². The SMILES string of the molecule is Fc1ccc(Nc2ccnc(N3CCN(c4ccccn4)CC3)n2)cc1F. The van der Waals surface area contributed by atoms with Crippen LogP contribution in [0.4, 0.5) is 32.1 Å². The summed E-state index contributed by atoms with van der Waals surface area (Å²) in [5.41, 5.74) is 0.429. The molecular weight excluding hydrogens is 350 g/mol. The minimum atomic E-state index is -0.903. The second kappa shape index (κ2) is 7.53. The Morgan fingerprint density at radius 3 is 2.37 bits per heavy atom. The lowest BCUT2D eigenvalue weighted by molar-refractivity contribution is 0.509. The van der Waals surface area contributed by atoms with Crippen LogP contribution < -0.4 is 15.1 Å². The molecular formula is C19H18F2N6. The van der Waals surface area contributed by atoms with Gasteiger partial charge in [0, 0.05) is 50.3 Å². The van der Waals surface area contributed by atoms with Gasteiger partial charge < -0.3 is 15.1 Å². The predicted molar refractivity (Wildman–Crippen MR) is 100 cm³/mol. The number of halogens is 2. The average molecular weight is 368 g/mol. The number of benzene rings is 1. The lowest BCUT2D eigenvalue weighted by atomic mass is 10.3. The van der Waals surface area contributed by atoms with Gasteiger partial charge in [-0.15, -0.1) is 0 Å². The molecule has 0 unspecified atom stereocenters. The first kappa shape index (κ1) is 17.1. The van der Waals surface area contributed by atoms with Crippen LogP contribution in [0.1, 0.15) is 0 Å². The molecule has 0 bridgehead atoms. The van der Waals surface area contributed by atoms with E-state index in [9.17, 15) is 8.78 Å². The van der Waals surface area contributed by atoms with Gasteiger partial charge in [-0.1, -0.05) is 6.07 Å². The van der Waals surface area contributed by atoms with Crippen LogP contribution in [0.15, 0.2) is 54.9 Å². The van der Waals surface area contributed by atoms with Crippen molar-refractivity contribution in [2.24, 2.45) is 0 Å². The molecule has 0 spiro atoms. The Morgan fingerprint density at radius 2 is 1.63 bits per heavy atom. The van der Waals surface area contributed by atoms with Gasteiger partial charge in [0.2, 0.25) is 5.95 Å². The van der Waals surface area contributed by atoms with Crippen LogP contribution in [-0.2, 0) is 0 Å². The fourth-order valence-electron chi connectivity index (χ4n) is 2.97. The molecule has 8 heteroatoms. The molecule has 4 rings (SSSR count). The Bertz CT molecular complexity index is 913. The van der Waals surface area contributed by atoms with Gasteiger partial charge in [-0.3, -0.25) is 0 Å². The first-order chi connectivity index (χ1) is 13.2. The summed E-state index contributed by atoms with van der Waals surface area (Å²) >= 11 is 0. The van der Waals surface area contributed by atoms with Crippen LogP contribution in [0, 0.1) is 11.6 Å². The molecule has 0 saturated carbocycles. The van der Waals surface area contributed by atoms with E-state index in [1.165, 1.54) is 6.07 Å². The smallest absolute Gasteiger partial charge is 0.227 e. The van der Waals surface area contributed by atoms with Crippen LogP contribution >= 0.6 is 0 Å². The Balaban J connectivity index is 1.43. The number of hydrogen-bond donors (Lipinski definition) is 1. The highest BCUT2D eigenvalue weighted by atomic mass is 19.2. The monoisotopic (exact) mass is 368 g/mol. The number of hydrogen-bond acceptors (Lipinski definition) is 6. The predicted octanol–water partition coefficient (Wildman–Crippen LogP) is 3.22. The summed E-state index contributed by atoms with van der Waals surface area (Å²) in [4.78, 5) is 17.5. The van der Waals surface area contributed by atoms with E-state index in [0.717, 1.165) is 44.1 Å². The topological polar surface area (TPSA) is 57.2 Å². The molecule has 6 nitrogen and oxygen atoms in total. The minimum Gasteiger partial charge on any atom is -0.353 e. The zero-order valence-electron chi connectivity index (χ0n) is 14.5. The van der Waals surface area contributed by atoms with Crippen molar-refractivity contribution < 1.29 is 8.78 Å².